The number of hydrogen-bond acceptors (Lipinski definition) is 1. The lowest BCUT2D eigenvalue weighted by Gasteiger charge is -1.96. The molecular weight excluding hydrogens is 116 g/mol. The highest BCUT2D eigenvalue weighted by Crippen LogP contribution is 2.06. The SMILES string of the molecule is CC#CCSC(C)C. The van der Waals surface area contributed by atoms with E-state index in [2.05, 4.69) is 25.7 Å². The van der Waals surface area contributed by atoms with Crippen molar-refractivity contribution in [1.82, 2.24) is 0 Å². The van der Waals surface area contributed by atoms with E-state index in [1.807, 2.05) is 18.7 Å². The zero-order valence-corrected chi connectivity index (χ0v) is 6.51. The molecule has 0 heterocycles. The summed E-state index contributed by atoms with van der Waals surface area (Å²) in [6, 6.07) is 0. The van der Waals surface area contributed by atoms with E-state index in [0.29, 0.717) is 0 Å². The van der Waals surface area contributed by atoms with E-state index in [0.717, 1.165) is 11.0 Å². The molecule has 0 saturated carbocycles. The average molecular weight is 128 g/mol. The van der Waals surface area contributed by atoms with Crippen molar-refractivity contribution in [3.05, 3.63) is 0 Å². The minimum atomic E-state index is 0.718. The Labute approximate surface area is 56.1 Å². The Morgan fingerprint density at radius 1 is 1.50 bits per heavy atom. The molecule has 0 aromatic carbocycles. The summed E-state index contributed by atoms with van der Waals surface area (Å²) < 4.78 is 0. The summed E-state index contributed by atoms with van der Waals surface area (Å²) in [7, 11) is 0. The van der Waals surface area contributed by atoms with Crippen molar-refractivity contribution in [2.45, 2.75) is 26.0 Å². The summed E-state index contributed by atoms with van der Waals surface area (Å²) in [5.74, 6) is 6.83. The summed E-state index contributed by atoms with van der Waals surface area (Å²) in [5.41, 5.74) is 0. The van der Waals surface area contributed by atoms with E-state index in [1.165, 1.54) is 0 Å². The van der Waals surface area contributed by atoms with Crippen molar-refractivity contribution in [1.29, 1.82) is 0 Å². The number of hydrogen-bond donors (Lipinski definition) is 0. The molecule has 0 N–H and O–H groups in total. The Bertz CT molecular complexity index is 94.7. The molecule has 46 valence electrons. The van der Waals surface area contributed by atoms with Crippen molar-refractivity contribution in [3.8, 4) is 11.8 Å². The highest BCUT2D eigenvalue weighted by molar-refractivity contribution is 8.00. The third kappa shape index (κ3) is 5.91. The highest BCUT2D eigenvalue weighted by atomic mass is 32.2. The third-order valence-corrected chi connectivity index (χ3v) is 1.64. The van der Waals surface area contributed by atoms with Crippen LogP contribution in [0.5, 0.6) is 0 Å². The van der Waals surface area contributed by atoms with Crippen molar-refractivity contribution >= 4 is 11.8 Å². The normalized spacial score (nSPS) is 8.50. The molecule has 0 atom stereocenters. The molecule has 1 heteroatoms. The maximum Gasteiger partial charge on any atom is 0.0549 e. The monoisotopic (exact) mass is 128 g/mol. The Kier molecular flexibility index (Phi) is 5.00. The second-order valence-electron chi connectivity index (χ2n) is 1.79. The molecule has 0 amide bonds. The van der Waals surface area contributed by atoms with Gasteiger partial charge in [0.25, 0.3) is 0 Å². The summed E-state index contributed by atoms with van der Waals surface area (Å²) in [4.78, 5) is 0. The molecule has 8 heavy (non-hydrogen) atoms. The third-order valence-electron chi connectivity index (χ3n) is 0.666. The van der Waals surface area contributed by atoms with Crippen LogP contribution in [0.1, 0.15) is 20.8 Å². The van der Waals surface area contributed by atoms with Gasteiger partial charge in [0.1, 0.15) is 0 Å². The van der Waals surface area contributed by atoms with Crippen LogP contribution < -0.4 is 0 Å². The molecule has 0 aromatic rings. The van der Waals surface area contributed by atoms with Gasteiger partial charge in [-0.2, -0.15) is 0 Å². The Balaban J connectivity index is 3.01. The summed E-state index contributed by atoms with van der Waals surface area (Å²) in [5, 5.41) is 0.718. The first kappa shape index (κ1) is 7.91. The first-order valence-corrected chi connectivity index (χ1v) is 3.83. The molecule has 0 aliphatic rings. The summed E-state index contributed by atoms with van der Waals surface area (Å²) in [6.45, 7) is 6.24. The first-order valence-electron chi connectivity index (χ1n) is 2.78. The molecule has 0 aliphatic heterocycles. The summed E-state index contributed by atoms with van der Waals surface area (Å²) >= 11 is 1.88. The minimum absolute atomic E-state index is 0.718. The molecule has 0 radical (unpaired) electrons. The van der Waals surface area contributed by atoms with E-state index >= 15 is 0 Å². The second kappa shape index (κ2) is 5.05. The predicted octanol–water partition coefficient (Wildman–Crippen LogP) is 2.15. The molecule has 0 fully saturated rings. The largest absolute Gasteiger partial charge is 0.146 e. The van der Waals surface area contributed by atoms with Crippen molar-refractivity contribution < 1.29 is 0 Å². The highest BCUT2D eigenvalue weighted by Gasteiger charge is 1.87. The topological polar surface area (TPSA) is 0 Å². The first-order chi connectivity index (χ1) is 3.77. The standard InChI is InChI=1S/C7H12S/c1-4-5-6-8-7(2)3/h7H,6H2,1-3H3. The van der Waals surface area contributed by atoms with Gasteiger partial charge in [-0.05, 0) is 12.2 Å². The Hall–Kier alpha value is -0.0900. The number of rotatable bonds is 2. The van der Waals surface area contributed by atoms with Crippen LogP contribution in [0.15, 0.2) is 0 Å². The van der Waals surface area contributed by atoms with Gasteiger partial charge in [-0.15, -0.1) is 17.7 Å². The minimum Gasteiger partial charge on any atom is -0.146 e. The van der Waals surface area contributed by atoms with Crippen LogP contribution in [0.4, 0.5) is 0 Å². The van der Waals surface area contributed by atoms with Crippen LogP contribution in [0.25, 0.3) is 0 Å². The quantitative estimate of drug-likeness (QED) is 0.513. The van der Waals surface area contributed by atoms with Gasteiger partial charge < -0.3 is 0 Å². The zero-order chi connectivity index (χ0) is 6.41. The lowest BCUT2D eigenvalue weighted by molar-refractivity contribution is 1.12. The van der Waals surface area contributed by atoms with Crippen LogP contribution in [-0.2, 0) is 0 Å². The van der Waals surface area contributed by atoms with Gasteiger partial charge >= 0.3 is 0 Å². The van der Waals surface area contributed by atoms with Gasteiger partial charge in [0, 0.05) is 0 Å². The molecule has 0 aliphatic carbocycles. The van der Waals surface area contributed by atoms with E-state index < -0.39 is 0 Å². The fourth-order valence-corrected chi connectivity index (χ4v) is 0.842. The fourth-order valence-electron chi connectivity index (χ4n) is 0.281. The van der Waals surface area contributed by atoms with Crippen LogP contribution in [0.2, 0.25) is 0 Å². The van der Waals surface area contributed by atoms with Crippen LogP contribution >= 0.6 is 11.8 Å². The lowest BCUT2D eigenvalue weighted by atomic mass is 10.6. The molecule has 0 spiro atoms. The van der Waals surface area contributed by atoms with E-state index in [9.17, 15) is 0 Å². The maximum atomic E-state index is 2.99. The molecule has 0 aromatic heterocycles. The van der Waals surface area contributed by atoms with Crippen LogP contribution in [-0.4, -0.2) is 11.0 Å². The maximum absolute atomic E-state index is 2.99. The lowest BCUT2D eigenvalue weighted by Crippen LogP contribution is -1.86. The van der Waals surface area contributed by atoms with Gasteiger partial charge in [-0.3, -0.25) is 0 Å². The average Bonchev–Trinajstić information content (AvgIpc) is 1.66. The van der Waals surface area contributed by atoms with Gasteiger partial charge in [-0.25, -0.2) is 0 Å². The zero-order valence-electron chi connectivity index (χ0n) is 5.69. The van der Waals surface area contributed by atoms with Gasteiger partial charge in [-0.1, -0.05) is 19.8 Å². The van der Waals surface area contributed by atoms with E-state index in [-0.39, 0.29) is 0 Å². The molecule has 0 unspecified atom stereocenters. The molecular formula is C7H12S. The van der Waals surface area contributed by atoms with E-state index in [1.54, 1.807) is 0 Å². The van der Waals surface area contributed by atoms with Crippen LogP contribution in [0.3, 0.4) is 0 Å². The van der Waals surface area contributed by atoms with Crippen molar-refractivity contribution in [2.75, 3.05) is 5.75 Å². The Morgan fingerprint density at radius 3 is 2.50 bits per heavy atom. The Morgan fingerprint density at radius 2 is 2.12 bits per heavy atom. The number of thioether (sulfide) groups is 1. The van der Waals surface area contributed by atoms with Gasteiger partial charge in [0.15, 0.2) is 0 Å². The smallest absolute Gasteiger partial charge is 0.0549 e. The van der Waals surface area contributed by atoms with Crippen molar-refractivity contribution in [2.24, 2.45) is 0 Å². The van der Waals surface area contributed by atoms with Gasteiger partial charge in [0.05, 0.1) is 5.75 Å². The second-order valence-corrected chi connectivity index (χ2v) is 3.35. The van der Waals surface area contributed by atoms with E-state index in [4.69, 9.17) is 0 Å². The van der Waals surface area contributed by atoms with Gasteiger partial charge in [0.2, 0.25) is 0 Å². The molecule has 0 rings (SSSR count). The molecule has 0 saturated heterocycles. The van der Waals surface area contributed by atoms with Crippen molar-refractivity contribution in [3.63, 3.8) is 0 Å². The molecule has 0 bridgehead atoms. The fraction of sp³-hybridized carbons (Fsp3) is 0.714. The molecule has 0 nitrogen and oxygen atoms in total. The van der Waals surface area contributed by atoms with Crippen LogP contribution in [0, 0.1) is 11.8 Å². The predicted molar refractivity (Wildman–Crippen MR) is 41.0 cm³/mol. The summed E-state index contributed by atoms with van der Waals surface area (Å²) in [6.07, 6.45) is 0.